The van der Waals surface area contributed by atoms with Crippen molar-refractivity contribution >= 4 is 47.7 Å². The normalized spacial score (nSPS) is 19.9. The number of hydrogen-bond acceptors (Lipinski definition) is 8. The maximum atomic E-state index is 12.9. The van der Waals surface area contributed by atoms with Crippen LogP contribution in [0.25, 0.3) is 5.70 Å². The topological polar surface area (TPSA) is 137 Å². The number of carbonyl (C=O) groups is 4. The monoisotopic (exact) mass is 555 g/mol. The highest BCUT2D eigenvalue weighted by Gasteiger charge is 2.39. The maximum absolute atomic E-state index is 12.9. The zero-order valence-corrected chi connectivity index (χ0v) is 23.0. The average Bonchev–Trinajstić information content (AvgIpc) is 3.29. The molecule has 4 heterocycles. The fourth-order valence-electron chi connectivity index (χ4n) is 5.51. The Morgan fingerprint density at radius 3 is 2.61 bits per heavy atom. The molecule has 0 bridgehead atoms. The zero-order valence-electron chi connectivity index (χ0n) is 23.0. The van der Waals surface area contributed by atoms with E-state index in [2.05, 4.69) is 37.2 Å². The van der Waals surface area contributed by atoms with E-state index in [4.69, 9.17) is 0 Å². The van der Waals surface area contributed by atoms with Crippen molar-refractivity contribution in [3.63, 3.8) is 0 Å². The molecule has 5 rings (SSSR count). The number of hydrogen-bond donors (Lipinski definition) is 2. The molecule has 41 heavy (non-hydrogen) atoms. The summed E-state index contributed by atoms with van der Waals surface area (Å²) in [5, 5.41) is 5.28. The molecule has 0 aliphatic carbocycles. The van der Waals surface area contributed by atoms with Crippen LogP contribution in [0.3, 0.4) is 0 Å². The van der Waals surface area contributed by atoms with Gasteiger partial charge in [0, 0.05) is 61.7 Å². The highest BCUT2D eigenvalue weighted by Crippen LogP contribution is 2.30. The van der Waals surface area contributed by atoms with Crippen molar-refractivity contribution in [2.45, 2.75) is 51.6 Å². The summed E-state index contributed by atoms with van der Waals surface area (Å²) in [4.78, 5) is 66.2. The van der Waals surface area contributed by atoms with Gasteiger partial charge in [-0.3, -0.25) is 29.5 Å². The van der Waals surface area contributed by atoms with E-state index >= 15 is 0 Å². The standard InChI is InChI=1S/C30H33N7O4/c1-3-4-5-24(31-2)21-16-32-30(33-17-21)36-12-10-19(11-13-36)14-27(39)34-22-6-7-23-20(15-22)18-37(29(23)41)25-8-9-26(38)35-28(25)40/h3-7,15-17,19,25H,2,8-14,18H2,1H3,(H,34,39)(H,35,38,40)/b4-3-,24-5-. The Balaban J connectivity index is 1.12. The number of aliphatic imine (C=N–C) groups is 1. The molecule has 1 aromatic carbocycles. The minimum atomic E-state index is -0.665. The molecular formula is C30H33N7O4. The second-order valence-electron chi connectivity index (χ2n) is 10.5. The number of allylic oxidation sites excluding steroid dienone is 3. The third-order valence-electron chi connectivity index (χ3n) is 7.73. The van der Waals surface area contributed by atoms with Gasteiger partial charge in [0.25, 0.3) is 5.91 Å². The Bertz CT molecular complexity index is 1420. The minimum Gasteiger partial charge on any atom is -0.341 e. The lowest BCUT2D eigenvalue weighted by atomic mass is 9.93. The van der Waals surface area contributed by atoms with Crippen molar-refractivity contribution in [2.24, 2.45) is 10.9 Å². The van der Waals surface area contributed by atoms with Gasteiger partial charge in [0.1, 0.15) is 6.04 Å². The SMILES string of the molecule is C=N/C(=C\C=C/C)c1cnc(N2CCC(CC(=O)Nc3ccc4c(c3)CN(C3CCC(=O)NC3=O)C4=O)CC2)nc1. The van der Waals surface area contributed by atoms with Crippen LogP contribution in [0.5, 0.6) is 0 Å². The van der Waals surface area contributed by atoms with Crippen molar-refractivity contribution in [1.82, 2.24) is 20.2 Å². The first kappa shape index (κ1) is 27.9. The summed E-state index contributed by atoms with van der Waals surface area (Å²) in [7, 11) is 0. The molecule has 1 aromatic heterocycles. The lowest BCUT2D eigenvalue weighted by molar-refractivity contribution is -0.137. The van der Waals surface area contributed by atoms with Gasteiger partial charge < -0.3 is 15.1 Å². The molecule has 2 saturated heterocycles. The summed E-state index contributed by atoms with van der Waals surface area (Å²) < 4.78 is 0. The van der Waals surface area contributed by atoms with Gasteiger partial charge in [-0.05, 0) is 68.7 Å². The van der Waals surface area contributed by atoms with E-state index in [-0.39, 0.29) is 36.6 Å². The third-order valence-corrected chi connectivity index (χ3v) is 7.73. The highest BCUT2D eigenvalue weighted by molar-refractivity contribution is 6.05. The Kier molecular flexibility index (Phi) is 8.32. The van der Waals surface area contributed by atoms with Crippen molar-refractivity contribution in [1.29, 1.82) is 0 Å². The summed E-state index contributed by atoms with van der Waals surface area (Å²) in [6, 6.07) is 4.53. The maximum Gasteiger partial charge on any atom is 0.255 e. The van der Waals surface area contributed by atoms with E-state index in [9.17, 15) is 19.2 Å². The predicted molar refractivity (Wildman–Crippen MR) is 155 cm³/mol. The summed E-state index contributed by atoms with van der Waals surface area (Å²) >= 11 is 0. The lowest BCUT2D eigenvalue weighted by Crippen LogP contribution is -2.52. The van der Waals surface area contributed by atoms with Crippen LogP contribution in [0, 0.1) is 5.92 Å². The molecule has 0 radical (unpaired) electrons. The van der Waals surface area contributed by atoms with Gasteiger partial charge in [-0.15, -0.1) is 0 Å². The molecule has 212 valence electrons. The van der Waals surface area contributed by atoms with E-state index in [0.717, 1.165) is 37.1 Å². The molecule has 11 heteroatoms. The minimum absolute atomic E-state index is 0.0762. The largest absolute Gasteiger partial charge is 0.341 e. The van der Waals surface area contributed by atoms with Gasteiger partial charge in [0.05, 0.1) is 5.70 Å². The quantitative estimate of drug-likeness (QED) is 0.290. The molecule has 2 fully saturated rings. The van der Waals surface area contributed by atoms with Gasteiger partial charge in [0.15, 0.2) is 0 Å². The molecule has 4 amide bonds. The number of nitrogens with zero attached hydrogens (tertiary/aromatic N) is 5. The van der Waals surface area contributed by atoms with Crippen LogP contribution in [0.1, 0.15) is 60.5 Å². The smallest absolute Gasteiger partial charge is 0.255 e. The molecule has 1 unspecified atom stereocenters. The van der Waals surface area contributed by atoms with E-state index in [1.807, 2.05) is 25.2 Å². The number of carbonyl (C=O) groups excluding carboxylic acids is 4. The molecule has 0 saturated carbocycles. The zero-order chi connectivity index (χ0) is 28.9. The third kappa shape index (κ3) is 6.24. The van der Waals surface area contributed by atoms with Gasteiger partial charge >= 0.3 is 0 Å². The number of fused-ring (bicyclic) bond motifs is 1. The molecule has 2 aromatic rings. The molecule has 11 nitrogen and oxygen atoms in total. The van der Waals surface area contributed by atoms with Crippen LogP contribution in [0.2, 0.25) is 0 Å². The number of imide groups is 1. The number of anilines is 2. The average molecular weight is 556 g/mol. The number of rotatable bonds is 8. The lowest BCUT2D eigenvalue weighted by Gasteiger charge is -2.31. The number of benzene rings is 1. The van der Waals surface area contributed by atoms with Gasteiger partial charge in [-0.1, -0.05) is 12.2 Å². The summed E-state index contributed by atoms with van der Waals surface area (Å²) in [5.41, 5.74) is 3.40. The fourth-order valence-corrected chi connectivity index (χ4v) is 5.51. The Morgan fingerprint density at radius 2 is 1.93 bits per heavy atom. The summed E-state index contributed by atoms with van der Waals surface area (Å²) in [6.45, 7) is 7.33. The summed E-state index contributed by atoms with van der Waals surface area (Å²) in [5.74, 6) is -0.174. The van der Waals surface area contributed by atoms with Crippen molar-refractivity contribution in [3.05, 3.63) is 65.5 Å². The molecule has 1 atom stereocenters. The second-order valence-corrected chi connectivity index (χ2v) is 10.5. The van der Waals surface area contributed by atoms with Crippen LogP contribution < -0.4 is 15.5 Å². The van der Waals surface area contributed by atoms with Gasteiger partial charge in [0.2, 0.25) is 23.7 Å². The van der Waals surface area contributed by atoms with Crippen molar-refractivity contribution in [2.75, 3.05) is 23.3 Å². The van der Waals surface area contributed by atoms with Crippen LogP contribution >= 0.6 is 0 Å². The number of aromatic nitrogens is 2. The van der Waals surface area contributed by atoms with Crippen LogP contribution in [0.15, 0.2) is 53.8 Å². The van der Waals surface area contributed by atoms with Crippen LogP contribution in [-0.4, -0.2) is 64.3 Å². The van der Waals surface area contributed by atoms with Crippen LogP contribution in [-0.2, 0) is 20.9 Å². The number of nitrogens with one attached hydrogen (secondary N) is 2. The van der Waals surface area contributed by atoms with Crippen molar-refractivity contribution in [3.8, 4) is 0 Å². The molecule has 0 spiro atoms. The van der Waals surface area contributed by atoms with Crippen LogP contribution in [0.4, 0.5) is 11.6 Å². The van der Waals surface area contributed by atoms with Crippen molar-refractivity contribution < 1.29 is 19.2 Å². The fraction of sp³-hybridized carbons (Fsp3) is 0.367. The van der Waals surface area contributed by atoms with Gasteiger partial charge in [-0.25, -0.2) is 9.97 Å². The van der Waals surface area contributed by atoms with E-state index in [0.29, 0.717) is 35.7 Å². The molecule has 3 aliphatic rings. The van der Waals surface area contributed by atoms with E-state index in [1.165, 1.54) is 4.90 Å². The second kappa shape index (κ2) is 12.2. The van der Waals surface area contributed by atoms with E-state index < -0.39 is 11.9 Å². The Labute approximate surface area is 238 Å². The molecule has 2 N–H and O–H groups in total. The highest BCUT2D eigenvalue weighted by atomic mass is 16.2. The summed E-state index contributed by atoms with van der Waals surface area (Å²) in [6.07, 6.45) is 11.8. The van der Waals surface area contributed by atoms with Gasteiger partial charge in [-0.2, -0.15) is 0 Å². The Morgan fingerprint density at radius 1 is 1.17 bits per heavy atom. The first-order valence-corrected chi connectivity index (χ1v) is 13.8. The predicted octanol–water partition coefficient (Wildman–Crippen LogP) is 3.10. The molecular weight excluding hydrogens is 522 g/mol. The first-order chi connectivity index (χ1) is 19.9. The number of amides is 4. The van der Waals surface area contributed by atoms with E-state index in [1.54, 1.807) is 30.6 Å². The molecule has 3 aliphatic heterocycles. The first-order valence-electron chi connectivity index (χ1n) is 13.8. The Hall–Kier alpha value is -4.67. The number of piperidine rings is 2.